The van der Waals surface area contributed by atoms with E-state index >= 15 is 0 Å². The SMILES string of the molecule is COc1ccc(CN2C3CC2CN(c2cc(N)nc(OCC(C)(C)O)c2)C3)cn1. The summed E-state index contributed by atoms with van der Waals surface area (Å²) in [4.78, 5) is 13.4. The van der Waals surface area contributed by atoms with Crippen molar-refractivity contribution in [1.29, 1.82) is 0 Å². The molecule has 29 heavy (non-hydrogen) atoms. The Balaban J connectivity index is 1.39. The molecular weight excluding hydrogens is 370 g/mol. The Hall–Kier alpha value is -2.58. The van der Waals surface area contributed by atoms with Gasteiger partial charge in [0.25, 0.3) is 0 Å². The van der Waals surface area contributed by atoms with Gasteiger partial charge >= 0.3 is 0 Å². The first-order valence-corrected chi connectivity index (χ1v) is 9.93. The summed E-state index contributed by atoms with van der Waals surface area (Å²) >= 11 is 0. The number of methoxy groups -OCH3 is 1. The summed E-state index contributed by atoms with van der Waals surface area (Å²) < 4.78 is 10.8. The van der Waals surface area contributed by atoms with Crippen molar-refractivity contribution in [3.63, 3.8) is 0 Å². The number of piperidine rings is 1. The van der Waals surface area contributed by atoms with Gasteiger partial charge in [-0.2, -0.15) is 4.98 Å². The average molecular weight is 399 g/mol. The molecule has 3 aliphatic heterocycles. The van der Waals surface area contributed by atoms with E-state index in [1.807, 2.05) is 24.4 Å². The summed E-state index contributed by atoms with van der Waals surface area (Å²) in [6.45, 7) is 6.34. The van der Waals surface area contributed by atoms with Gasteiger partial charge in [-0.1, -0.05) is 6.07 Å². The molecule has 3 saturated heterocycles. The number of rotatable bonds is 7. The zero-order valence-corrected chi connectivity index (χ0v) is 17.2. The van der Waals surface area contributed by atoms with E-state index in [1.54, 1.807) is 21.0 Å². The number of anilines is 2. The zero-order chi connectivity index (χ0) is 20.6. The van der Waals surface area contributed by atoms with E-state index in [1.165, 1.54) is 12.0 Å². The fourth-order valence-electron chi connectivity index (χ4n) is 4.01. The fourth-order valence-corrected chi connectivity index (χ4v) is 4.01. The summed E-state index contributed by atoms with van der Waals surface area (Å²) in [7, 11) is 1.63. The highest BCUT2D eigenvalue weighted by atomic mass is 16.5. The first-order valence-electron chi connectivity index (χ1n) is 9.93. The van der Waals surface area contributed by atoms with Crippen LogP contribution in [0.5, 0.6) is 11.8 Å². The van der Waals surface area contributed by atoms with E-state index in [-0.39, 0.29) is 6.61 Å². The Bertz CT molecular complexity index is 840. The maximum absolute atomic E-state index is 9.87. The molecule has 0 amide bonds. The molecule has 2 aromatic rings. The predicted molar refractivity (Wildman–Crippen MR) is 111 cm³/mol. The van der Waals surface area contributed by atoms with Crippen LogP contribution < -0.4 is 20.1 Å². The van der Waals surface area contributed by atoms with Crippen LogP contribution in [-0.2, 0) is 6.54 Å². The van der Waals surface area contributed by atoms with Crippen LogP contribution in [0.2, 0.25) is 0 Å². The quantitative estimate of drug-likeness (QED) is 0.726. The highest BCUT2D eigenvalue weighted by Gasteiger charge is 2.44. The second-order valence-electron chi connectivity index (χ2n) is 8.52. The number of nitrogen functional groups attached to an aromatic ring is 1. The molecule has 156 valence electrons. The van der Waals surface area contributed by atoms with Crippen molar-refractivity contribution in [2.75, 3.05) is 37.4 Å². The lowest BCUT2D eigenvalue weighted by molar-refractivity contribution is -0.00855. The van der Waals surface area contributed by atoms with Crippen LogP contribution in [-0.4, -0.2) is 64.5 Å². The van der Waals surface area contributed by atoms with Crippen molar-refractivity contribution >= 4 is 11.5 Å². The molecule has 8 nitrogen and oxygen atoms in total. The molecule has 3 N–H and O–H groups in total. The number of nitrogens with zero attached hydrogens (tertiary/aromatic N) is 4. The summed E-state index contributed by atoms with van der Waals surface area (Å²) in [6, 6.07) is 8.79. The maximum atomic E-state index is 9.87. The van der Waals surface area contributed by atoms with Gasteiger partial charge in [-0.3, -0.25) is 4.90 Å². The van der Waals surface area contributed by atoms with E-state index in [4.69, 9.17) is 15.2 Å². The molecule has 0 radical (unpaired) electrons. The number of nitrogens with two attached hydrogens (primary N) is 1. The van der Waals surface area contributed by atoms with E-state index < -0.39 is 5.60 Å². The maximum Gasteiger partial charge on any atom is 0.217 e. The van der Waals surface area contributed by atoms with Crippen molar-refractivity contribution in [3.05, 3.63) is 36.0 Å². The fraction of sp³-hybridized carbons (Fsp3) is 0.524. The van der Waals surface area contributed by atoms with Crippen molar-refractivity contribution < 1.29 is 14.6 Å². The van der Waals surface area contributed by atoms with Gasteiger partial charge < -0.3 is 25.2 Å². The number of fused-ring (bicyclic) bond motifs is 2. The topological polar surface area (TPSA) is 97.0 Å². The van der Waals surface area contributed by atoms with E-state index in [0.717, 1.165) is 25.3 Å². The molecule has 3 aliphatic rings. The van der Waals surface area contributed by atoms with E-state index in [2.05, 4.69) is 25.8 Å². The molecule has 5 rings (SSSR count). The normalized spacial score (nSPS) is 21.6. The van der Waals surface area contributed by atoms with Crippen LogP contribution in [0.1, 0.15) is 25.8 Å². The van der Waals surface area contributed by atoms with Crippen LogP contribution in [0.15, 0.2) is 30.5 Å². The zero-order valence-electron chi connectivity index (χ0n) is 17.2. The van der Waals surface area contributed by atoms with Crippen molar-refractivity contribution in [1.82, 2.24) is 14.9 Å². The lowest BCUT2D eigenvalue weighted by atomic mass is 9.86. The predicted octanol–water partition coefficient (Wildman–Crippen LogP) is 1.68. The van der Waals surface area contributed by atoms with Gasteiger partial charge in [-0.05, 0) is 25.8 Å². The Morgan fingerprint density at radius 1 is 1.21 bits per heavy atom. The Labute approximate surface area is 171 Å². The number of aliphatic hydroxyl groups is 1. The molecule has 2 unspecified atom stereocenters. The number of aromatic nitrogens is 2. The Kier molecular flexibility index (Phi) is 5.23. The van der Waals surface area contributed by atoms with Crippen molar-refractivity contribution in [2.45, 2.75) is 44.5 Å². The summed E-state index contributed by atoms with van der Waals surface area (Å²) in [6.07, 6.45) is 3.10. The third kappa shape index (κ3) is 4.54. The highest BCUT2D eigenvalue weighted by molar-refractivity contribution is 5.56. The van der Waals surface area contributed by atoms with Gasteiger partial charge in [-0.25, -0.2) is 4.98 Å². The molecule has 0 saturated carbocycles. The molecule has 0 aliphatic carbocycles. The average Bonchev–Trinajstić information content (AvgIpc) is 2.70. The van der Waals surface area contributed by atoms with Crippen molar-refractivity contribution in [2.24, 2.45) is 0 Å². The number of ether oxygens (including phenoxy) is 2. The second kappa shape index (κ2) is 7.68. The van der Waals surface area contributed by atoms with Crippen LogP contribution in [0, 0.1) is 0 Å². The summed E-state index contributed by atoms with van der Waals surface area (Å²) in [5.41, 5.74) is 7.29. The molecule has 5 heterocycles. The van der Waals surface area contributed by atoms with Gasteiger partial charge in [0.15, 0.2) is 0 Å². The van der Waals surface area contributed by atoms with Gasteiger partial charge in [-0.15, -0.1) is 0 Å². The van der Waals surface area contributed by atoms with Crippen LogP contribution >= 0.6 is 0 Å². The first-order chi connectivity index (χ1) is 13.8. The van der Waals surface area contributed by atoms with Gasteiger partial charge in [0.05, 0.1) is 12.7 Å². The molecule has 2 bridgehead atoms. The minimum absolute atomic E-state index is 0.165. The van der Waals surface area contributed by atoms with Crippen molar-refractivity contribution in [3.8, 4) is 11.8 Å². The van der Waals surface area contributed by atoms with E-state index in [9.17, 15) is 5.11 Å². The molecular formula is C21H29N5O3. The molecule has 2 atom stereocenters. The van der Waals surface area contributed by atoms with Crippen LogP contribution in [0.25, 0.3) is 0 Å². The van der Waals surface area contributed by atoms with E-state index in [0.29, 0.717) is 29.7 Å². The second-order valence-corrected chi connectivity index (χ2v) is 8.52. The van der Waals surface area contributed by atoms with Gasteiger partial charge in [0.2, 0.25) is 11.8 Å². The summed E-state index contributed by atoms with van der Waals surface area (Å²) in [5.74, 6) is 1.51. The molecule has 0 spiro atoms. The third-order valence-corrected chi connectivity index (χ3v) is 5.46. The molecule has 2 aromatic heterocycles. The van der Waals surface area contributed by atoms with Gasteiger partial charge in [0, 0.05) is 61.8 Å². The highest BCUT2D eigenvalue weighted by Crippen LogP contribution is 2.37. The van der Waals surface area contributed by atoms with Crippen LogP contribution in [0.4, 0.5) is 11.5 Å². The Morgan fingerprint density at radius 3 is 2.59 bits per heavy atom. The monoisotopic (exact) mass is 399 g/mol. The minimum Gasteiger partial charge on any atom is -0.481 e. The third-order valence-electron chi connectivity index (χ3n) is 5.46. The number of pyridine rings is 2. The molecule has 0 aromatic carbocycles. The molecule has 8 heteroatoms. The lowest BCUT2D eigenvalue weighted by Crippen LogP contribution is -2.68. The Morgan fingerprint density at radius 2 is 1.97 bits per heavy atom. The smallest absolute Gasteiger partial charge is 0.217 e. The molecule has 3 fully saturated rings. The number of hydrogen-bond acceptors (Lipinski definition) is 8. The number of hydrogen-bond donors (Lipinski definition) is 2. The van der Waals surface area contributed by atoms with Crippen LogP contribution in [0.3, 0.4) is 0 Å². The summed E-state index contributed by atoms with van der Waals surface area (Å²) in [5, 5.41) is 9.87. The minimum atomic E-state index is -0.921. The lowest BCUT2D eigenvalue weighted by Gasteiger charge is -2.57. The van der Waals surface area contributed by atoms with Gasteiger partial charge in [0.1, 0.15) is 12.4 Å². The standard InChI is InChI=1S/C21H29N5O3/c1-21(2,27)13-29-20-8-15(7-18(22)24-20)25-11-16-6-17(12-25)26(16)10-14-4-5-19(28-3)23-9-14/h4-5,7-9,16-17,27H,6,10-13H2,1-3H3,(H2,22,24). The first kappa shape index (κ1) is 19.7. The largest absolute Gasteiger partial charge is 0.481 e. The number of piperazine rings is 1.